The van der Waals surface area contributed by atoms with Crippen molar-refractivity contribution in [2.24, 2.45) is 0 Å². The summed E-state index contributed by atoms with van der Waals surface area (Å²) in [6, 6.07) is 19.1. The highest BCUT2D eigenvalue weighted by atomic mass is 35.5. The number of hydrogen-bond donors (Lipinski definition) is 0. The van der Waals surface area contributed by atoms with Crippen LogP contribution < -0.4 is 10.5 Å². The first-order chi connectivity index (χ1) is 15.7. The van der Waals surface area contributed by atoms with Crippen LogP contribution in [0.4, 0.5) is 5.69 Å². The second-order valence-electron chi connectivity index (χ2n) is 7.62. The van der Waals surface area contributed by atoms with Gasteiger partial charge in [-0.2, -0.15) is 24.8 Å². The first-order valence-corrected chi connectivity index (χ1v) is 10.8. The maximum absolute atomic E-state index is 12.8. The third-order valence-corrected chi connectivity index (χ3v) is 5.88. The molecular weight excluding hydrogens is 426 g/mol. The summed E-state index contributed by atoms with van der Waals surface area (Å²) in [6.45, 7) is 3.89. The fraction of sp³-hybridized carbons (Fsp3) is 0.217. The zero-order valence-corrected chi connectivity index (χ0v) is 18.1. The van der Waals surface area contributed by atoms with Crippen LogP contribution in [0.25, 0.3) is 11.4 Å². The minimum absolute atomic E-state index is 0.197. The molecule has 1 aliphatic rings. The number of hydrogen-bond acceptors (Lipinski definition) is 6. The standard InChI is InChI=1S/C23H22ClN7O/c24-22-21(16-25-30(23(22)32)19-7-3-1-4-8-19)29-13-11-28(12-14-29)17-18-15-26-31(27-18)20-9-5-2-6-10-20/h1-10,15-16H,11-14,17H2. The molecule has 0 N–H and O–H groups in total. The molecule has 0 bridgehead atoms. The molecule has 0 saturated carbocycles. The predicted molar refractivity (Wildman–Crippen MR) is 124 cm³/mol. The topological polar surface area (TPSA) is 72.1 Å². The average molecular weight is 448 g/mol. The summed E-state index contributed by atoms with van der Waals surface area (Å²) >= 11 is 6.46. The normalized spacial score (nSPS) is 14.6. The highest BCUT2D eigenvalue weighted by Crippen LogP contribution is 2.23. The van der Waals surface area contributed by atoms with Gasteiger partial charge in [-0.1, -0.05) is 48.0 Å². The largest absolute Gasteiger partial charge is 0.366 e. The Morgan fingerprint density at radius 1 is 0.812 bits per heavy atom. The van der Waals surface area contributed by atoms with Gasteiger partial charge in [-0.15, -0.1) is 0 Å². The second kappa shape index (κ2) is 8.94. The Morgan fingerprint density at radius 2 is 1.47 bits per heavy atom. The number of anilines is 1. The molecule has 3 heterocycles. The van der Waals surface area contributed by atoms with Crippen molar-refractivity contribution in [3.63, 3.8) is 0 Å². The Bertz CT molecular complexity index is 1250. The zero-order valence-electron chi connectivity index (χ0n) is 17.4. The Labute approximate surface area is 190 Å². The molecule has 5 rings (SSSR count). The summed E-state index contributed by atoms with van der Waals surface area (Å²) in [6.07, 6.45) is 3.49. The first-order valence-electron chi connectivity index (χ1n) is 10.5. The number of para-hydroxylation sites is 2. The average Bonchev–Trinajstić information content (AvgIpc) is 3.31. The van der Waals surface area contributed by atoms with Crippen LogP contribution >= 0.6 is 11.6 Å². The molecule has 1 fully saturated rings. The lowest BCUT2D eigenvalue weighted by atomic mass is 10.2. The van der Waals surface area contributed by atoms with E-state index in [1.807, 2.05) is 66.9 Å². The Hall–Kier alpha value is -3.49. The van der Waals surface area contributed by atoms with E-state index < -0.39 is 0 Å². The van der Waals surface area contributed by atoms with Gasteiger partial charge in [0.1, 0.15) is 5.02 Å². The number of halogens is 1. The second-order valence-corrected chi connectivity index (χ2v) is 8.00. The van der Waals surface area contributed by atoms with Gasteiger partial charge < -0.3 is 4.90 Å². The van der Waals surface area contributed by atoms with Crippen molar-refractivity contribution in [1.29, 1.82) is 0 Å². The first kappa shape index (κ1) is 20.4. The number of rotatable bonds is 5. The van der Waals surface area contributed by atoms with Crippen molar-refractivity contribution in [3.05, 3.63) is 94.1 Å². The SMILES string of the molecule is O=c1c(Cl)c(N2CCN(Cc3cnn(-c4ccccc4)n3)CC2)cnn1-c1ccccc1. The molecule has 162 valence electrons. The van der Waals surface area contributed by atoms with Gasteiger partial charge in [0.15, 0.2) is 0 Å². The van der Waals surface area contributed by atoms with E-state index in [2.05, 4.69) is 25.1 Å². The molecule has 0 amide bonds. The molecule has 4 aromatic rings. The smallest absolute Gasteiger partial charge is 0.292 e. The Balaban J connectivity index is 1.24. The van der Waals surface area contributed by atoms with Gasteiger partial charge in [-0.3, -0.25) is 9.69 Å². The van der Waals surface area contributed by atoms with Gasteiger partial charge in [-0.05, 0) is 24.3 Å². The molecule has 9 heteroatoms. The number of aromatic nitrogens is 5. The minimum atomic E-state index is -0.310. The van der Waals surface area contributed by atoms with Gasteiger partial charge in [0.2, 0.25) is 0 Å². The lowest BCUT2D eigenvalue weighted by molar-refractivity contribution is 0.246. The maximum Gasteiger partial charge on any atom is 0.292 e. The fourth-order valence-corrected chi connectivity index (χ4v) is 4.07. The molecule has 32 heavy (non-hydrogen) atoms. The summed E-state index contributed by atoms with van der Waals surface area (Å²) in [5.74, 6) is 0. The molecule has 0 spiro atoms. The lowest BCUT2D eigenvalue weighted by Gasteiger charge is -2.35. The van der Waals surface area contributed by atoms with E-state index in [1.54, 1.807) is 11.0 Å². The summed E-state index contributed by atoms with van der Waals surface area (Å²) in [7, 11) is 0. The quantitative estimate of drug-likeness (QED) is 0.468. The van der Waals surface area contributed by atoms with E-state index in [-0.39, 0.29) is 10.6 Å². The highest BCUT2D eigenvalue weighted by Gasteiger charge is 2.22. The Morgan fingerprint density at radius 3 is 2.16 bits per heavy atom. The third-order valence-electron chi connectivity index (χ3n) is 5.53. The zero-order chi connectivity index (χ0) is 21.9. The van der Waals surface area contributed by atoms with Crippen molar-refractivity contribution in [2.75, 3.05) is 31.1 Å². The summed E-state index contributed by atoms with van der Waals surface area (Å²) in [5.41, 5.74) is 2.93. The molecule has 2 aromatic carbocycles. The summed E-state index contributed by atoms with van der Waals surface area (Å²) in [5, 5.41) is 13.5. The van der Waals surface area contributed by atoms with E-state index in [4.69, 9.17) is 11.6 Å². The molecule has 0 atom stereocenters. The molecule has 0 aliphatic carbocycles. The van der Waals surface area contributed by atoms with Crippen molar-refractivity contribution in [3.8, 4) is 11.4 Å². The van der Waals surface area contributed by atoms with Crippen LogP contribution in [-0.2, 0) is 6.54 Å². The van der Waals surface area contributed by atoms with Gasteiger partial charge in [0.25, 0.3) is 5.56 Å². The van der Waals surface area contributed by atoms with Gasteiger partial charge in [0, 0.05) is 32.7 Å². The van der Waals surface area contributed by atoms with Crippen molar-refractivity contribution in [2.45, 2.75) is 6.54 Å². The fourth-order valence-electron chi connectivity index (χ4n) is 3.83. The van der Waals surface area contributed by atoms with Crippen LogP contribution in [0, 0.1) is 0 Å². The molecule has 1 aliphatic heterocycles. The van der Waals surface area contributed by atoms with Crippen LogP contribution in [0.1, 0.15) is 5.69 Å². The van der Waals surface area contributed by atoms with Gasteiger partial charge >= 0.3 is 0 Å². The maximum atomic E-state index is 12.8. The van der Waals surface area contributed by atoms with Crippen molar-refractivity contribution >= 4 is 17.3 Å². The minimum Gasteiger partial charge on any atom is -0.366 e. The van der Waals surface area contributed by atoms with Crippen LogP contribution in [0.2, 0.25) is 5.02 Å². The van der Waals surface area contributed by atoms with Crippen LogP contribution in [0.3, 0.4) is 0 Å². The van der Waals surface area contributed by atoms with E-state index in [1.165, 1.54) is 4.68 Å². The van der Waals surface area contributed by atoms with Gasteiger partial charge in [0.05, 0.1) is 35.1 Å². The van der Waals surface area contributed by atoms with E-state index in [0.717, 1.165) is 44.1 Å². The van der Waals surface area contributed by atoms with E-state index >= 15 is 0 Å². The molecule has 0 unspecified atom stereocenters. The van der Waals surface area contributed by atoms with Crippen LogP contribution in [-0.4, -0.2) is 55.9 Å². The number of nitrogens with zero attached hydrogens (tertiary/aromatic N) is 7. The van der Waals surface area contributed by atoms with Crippen LogP contribution in [0.5, 0.6) is 0 Å². The highest BCUT2D eigenvalue weighted by molar-refractivity contribution is 6.33. The summed E-state index contributed by atoms with van der Waals surface area (Å²) in [4.78, 5) is 18.9. The molecule has 1 saturated heterocycles. The molecular formula is C23H22ClN7O. The lowest BCUT2D eigenvalue weighted by Crippen LogP contribution is -2.46. The molecule has 0 radical (unpaired) electrons. The number of piperazine rings is 1. The number of benzene rings is 2. The Kier molecular flexibility index (Phi) is 5.70. The third kappa shape index (κ3) is 4.15. The summed E-state index contributed by atoms with van der Waals surface area (Å²) < 4.78 is 1.33. The monoisotopic (exact) mass is 447 g/mol. The predicted octanol–water partition coefficient (Wildman–Crippen LogP) is 2.79. The van der Waals surface area contributed by atoms with Crippen molar-refractivity contribution < 1.29 is 0 Å². The van der Waals surface area contributed by atoms with E-state index in [0.29, 0.717) is 11.4 Å². The van der Waals surface area contributed by atoms with Gasteiger partial charge in [-0.25, -0.2) is 0 Å². The molecule has 2 aromatic heterocycles. The van der Waals surface area contributed by atoms with E-state index in [9.17, 15) is 4.79 Å². The van der Waals surface area contributed by atoms with Crippen LogP contribution in [0.15, 0.2) is 77.9 Å². The molecule has 8 nitrogen and oxygen atoms in total. The van der Waals surface area contributed by atoms with Crippen molar-refractivity contribution in [1.82, 2.24) is 29.7 Å².